The van der Waals surface area contributed by atoms with Crippen LogP contribution in [0.3, 0.4) is 0 Å². The van der Waals surface area contributed by atoms with Crippen molar-refractivity contribution in [1.29, 1.82) is 0 Å². The lowest BCUT2D eigenvalue weighted by atomic mass is 9.96. The van der Waals surface area contributed by atoms with Gasteiger partial charge in [0.1, 0.15) is 0 Å². The first-order valence-electron chi connectivity index (χ1n) is 6.79. The van der Waals surface area contributed by atoms with Crippen molar-refractivity contribution in [2.45, 2.75) is 39.5 Å². The molecule has 4 nitrogen and oxygen atoms in total. The van der Waals surface area contributed by atoms with Gasteiger partial charge in [-0.3, -0.25) is 4.79 Å². The van der Waals surface area contributed by atoms with Crippen LogP contribution in [0.1, 0.15) is 39.5 Å². The topological polar surface area (TPSA) is 58.4 Å². The summed E-state index contributed by atoms with van der Waals surface area (Å²) < 4.78 is 0. The standard InChI is InChI=1S/C13H29N3O/c1-4-12(8-9-14)6-7-13(17)15-10-11-16(3)5-2/h12H,4-11,14H2,1-3H3,(H,15,17). The minimum atomic E-state index is 0.171. The number of hydrogen-bond acceptors (Lipinski definition) is 3. The number of likely N-dealkylation sites (N-methyl/N-ethyl adjacent to an activating group) is 1. The highest BCUT2D eigenvalue weighted by Crippen LogP contribution is 2.13. The Balaban J connectivity index is 3.57. The summed E-state index contributed by atoms with van der Waals surface area (Å²) in [7, 11) is 2.06. The van der Waals surface area contributed by atoms with Crippen LogP contribution in [0.25, 0.3) is 0 Å². The van der Waals surface area contributed by atoms with E-state index in [1.54, 1.807) is 0 Å². The maximum absolute atomic E-state index is 11.6. The molecule has 1 amide bonds. The first-order chi connectivity index (χ1) is 8.13. The van der Waals surface area contributed by atoms with Crippen LogP contribution < -0.4 is 11.1 Å². The van der Waals surface area contributed by atoms with Crippen LogP contribution in [0.15, 0.2) is 0 Å². The molecule has 4 heteroatoms. The highest BCUT2D eigenvalue weighted by Gasteiger charge is 2.08. The van der Waals surface area contributed by atoms with Gasteiger partial charge in [-0.05, 0) is 38.9 Å². The Bertz CT molecular complexity index is 197. The summed E-state index contributed by atoms with van der Waals surface area (Å²) in [4.78, 5) is 13.8. The molecule has 0 heterocycles. The SMILES string of the molecule is CCC(CCN)CCC(=O)NCCN(C)CC. The quantitative estimate of drug-likeness (QED) is 0.606. The number of amides is 1. The van der Waals surface area contributed by atoms with Crippen molar-refractivity contribution < 1.29 is 4.79 Å². The van der Waals surface area contributed by atoms with E-state index in [0.717, 1.165) is 45.4 Å². The molecule has 0 aromatic carbocycles. The smallest absolute Gasteiger partial charge is 0.220 e. The van der Waals surface area contributed by atoms with Gasteiger partial charge < -0.3 is 16.0 Å². The van der Waals surface area contributed by atoms with Gasteiger partial charge in [-0.25, -0.2) is 0 Å². The highest BCUT2D eigenvalue weighted by atomic mass is 16.1. The van der Waals surface area contributed by atoms with Crippen LogP contribution >= 0.6 is 0 Å². The number of carbonyl (C=O) groups is 1. The third-order valence-electron chi connectivity index (χ3n) is 3.29. The molecule has 0 saturated carbocycles. The van der Waals surface area contributed by atoms with Crippen molar-refractivity contribution in [3.05, 3.63) is 0 Å². The Morgan fingerprint density at radius 2 is 2.06 bits per heavy atom. The predicted molar refractivity (Wildman–Crippen MR) is 72.9 cm³/mol. The first-order valence-corrected chi connectivity index (χ1v) is 6.79. The number of nitrogens with two attached hydrogens (primary N) is 1. The third kappa shape index (κ3) is 9.12. The summed E-state index contributed by atoms with van der Waals surface area (Å²) in [6, 6.07) is 0. The Kier molecular flexibility index (Phi) is 10.2. The molecule has 0 saturated heterocycles. The summed E-state index contributed by atoms with van der Waals surface area (Å²) in [5.41, 5.74) is 5.53. The minimum Gasteiger partial charge on any atom is -0.355 e. The molecule has 1 atom stereocenters. The Morgan fingerprint density at radius 3 is 2.59 bits per heavy atom. The Morgan fingerprint density at radius 1 is 1.35 bits per heavy atom. The van der Waals surface area contributed by atoms with E-state index >= 15 is 0 Å². The van der Waals surface area contributed by atoms with Gasteiger partial charge in [0.05, 0.1) is 0 Å². The van der Waals surface area contributed by atoms with Crippen molar-refractivity contribution in [3.8, 4) is 0 Å². The maximum atomic E-state index is 11.6. The second-order valence-corrected chi connectivity index (χ2v) is 4.64. The number of nitrogens with one attached hydrogen (secondary N) is 1. The zero-order chi connectivity index (χ0) is 13.1. The van der Waals surface area contributed by atoms with Gasteiger partial charge in [0.15, 0.2) is 0 Å². The molecule has 0 aromatic rings. The molecule has 0 aliphatic carbocycles. The van der Waals surface area contributed by atoms with Crippen LogP contribution in [0.2, 0.25) is 0 Å². The summed E-state index contributed by atoms with van der Waals surface area (Å²) in [5, 5.41) is 2.96. The largest absolute Gasteiger partial charge is 0.355 e. The molecule has 0 radical (unpaired) electrons. The molecule has 102 valence electrons. The molecule has 0 aromatic heterocycles. The van der Waals surface area contributed by atoms with Gasteiger partial charge in [0, 0.05) is 19.5 Å². The lowest BCUT2D eigenvalue weighted by molar-refractivity contribution is -0.121. The Labute approximate surface area is 106 Å². The van der Waals surface area contributed by atoms with Gasteiger partial charge in [-0.2, -0.15) is 0 Å². The van der Waals surface area contributed by atoms with Crippen LogP contribution in [-0.2, 0) is 4.79 Å². The number of rotatable bonds is 10. The third-order valence-corrected chi connectivity index (χ3v) is 3.29. The van der Waals surface area contributed by atoms with Crippen molar-refractivity contribution in [2.75, 3.05) is 33.2 Å². The predicted octanol–water partition coefficient (Wildman–Crippen LogP) is 1.21. The van der Waals surface area contributed by atoms with Gasteiger partial charge >= 0.3 is 0 Å². The second-order valence-electron chi connectivity index (χ2n) is 4.64. The van der Waals surface area contributed by atoms with E-state index in [1.807, 2.05) is 0 Å². The van der Waals surface area contributed by atoms with Crippen LogP contribution in [-0.4, -0.2) is 44.0 Å². The average molecular weight is 243 g/mol. The summed E-state index contributed by atoms with van der Waals surface area (Å²) in [6.45, 7) is 7.68. The van der Waals surface area contributed by atoms with Crippen LogP contribution in [0.4, 0.5) is 0 Å². The zero-order valence-electron chi connectivity index (χ0n) is 11.7. The van der Waals surface area contributed by atoms with Crippen LogP contribution in [0, 0.1) is 5.92 Å². The van der Waals surface area contributed by atoms with E-state index in [4.69, 9.17) is 5.73 Å². The van der Waals surface area contributed by atoms with Crippen molar-refractivity contribution in [1.82, 2.24) is 10.2 Å². The summed E-state index contributed by atoms with van der Waals surface area (Å²) >= 11 is 0. The van der Waals surface area contributed by atoms with E-state index in [2.05, 4.69) is 31.1 Å². The lowest BCUT2D eigenvalue weighted by Gasteiger charge is -2.15. The molecular weight excluding hydrogens is 214 g/mol. The van der Waals surface area contributed by atoms with Crippen LogP contribution in [0.5, 0.6) is 0 Å². The number of nitrogens with zero attached hydrogens (tertiary/aromatic N) is 1. The molecule has 0 fully saturated rings. The zero-order valence-corrected chi connectivity index (χ0v) is 11.7. The molecule has 3 N–H and O–H groups in total. The Hall–Kier alpha value is -0.610. The number of carbonyl (C=O) groups excluding carboxylic acids is 1. The molecule has 0 spiro atoms. The fourth-order valence-corrected chi connectivity index (χ4v) is 1.76. The average Bonchev–Trinajstić information content (AvgIpc) is 2.34. The van der Waals surface area contributed by atoms with Gasteiger partial charge in [0.2, 0.25) is 5.91 Å². The summed E-state index contributed by atoms with van der Waals surface area (Å²) in [5.74, 6) is 0.772. The summed E-state index contributed by atoms with van der Waals surface area (Å²) in [6.07, 6.45) is 3.74. The molecule has 0 bridgehead atoms. The molecule has 0 aliphatic heterocycles. The molecule has 1 unspecified atom stereocenters. The van der Waals surface area contributed by atoms with Crippen molar-refractivity contribution in [2.24, 2.45) is 11.7 Å². The fraction of sp³-hybridized carbons (Fsp3) is 0.923. The molecule has 0 aliphatic rings. The second kappa shape index (κ2) is 10.5. The van der Waals surface area contributed by atoms with E-state index in [-0.39, 0.29) is 5.91 Å². The highest BCUT2D eigenvalue weighted by molar-refractivity contribution is 5.75. The van der Waals surface area contributed by atoms with Gasteiger partial charge in [0.25, 0.3) is 0 Å². The van der Waals surface area contributed by atoms with E-state index in [9.17, 15) is 4.79 Å². The van der Waals surface area contributed by atoms with E-state index in [0.29, 0.717) is 12.3 Å². The van der Waals surface area contributed by atoms with E-state index < -0.39 is 0 Å². The van der Waals surface area contributed by atoms with E-state index in [1.165, 1.54) is 0 Å². The maximum Gasteiger partial charge on any atom is 0.220 e. The van der Waals surface area contributed by atoms with Crippen molar-refractivity contribution in [3.63, 3.8) is 0 Å². The molecule has 17 heavy (non-hydrogen) atoms. The molecule has 0 rings (SSSR count). The number of hydrogen-bond donors (Lipinski definition) is 2. The normalized spacial score (nSPS) is 12.8. The fourth-order valence-electron chi connectivity index (χ4n) is 1.76. The molecular formula is C13H29N3O. The van der Waals surface area contributed by atoms with Crippen molar-refractivity contribution >= 4 is 5.91 Å². The minimum absolute atomic E-state index is 0.171. The lowest BCUT2D eigenvalue weighted by Crippen LogP contribution is -2.33. The van der Waals surface area contributed by atoms with Gasteiger partial charge in [-0.1, -0.05) is 20.3 Å². The monoisotopic (exact) mass is 243 g/mol. The van der Waals surface area contributed by atoms with Gasteiger partial charge in [-0.15, -0.1) is 0 Å². The first kappa shape index (κ1) is 16.4.